The second-order valence-electron chi connectivity index (χ2n) is 6.44. The van der Waals surface area contributed by atoms with Crippen molar-refractivity contribution < 1.29 is 19.1 Å². The summed E-state index contributed by atoms with van der Waals surface area (Å²) >= 11 is 2.82. The maximum Gasteiger partial charge on any atom is 0.286 e. The zero-order chi connectivity index (χ0) is 19.9. The molecule has 1 heterocycles. The highest BCUT2D eigenvalue weighted by molar-refractivity contribution is 8.15. The Balaban J connectivity index is 1.61. The monoisotopic (exact) mass is 417 g/mol. The molecule has 0 aromatic heterocycles. The normalized spacial score (nSPS) is 17.3. The van der Waals surface area contributed by atoms with Gasteiger partial charge in [0.25, 0.3) is 5.24 Å². The van der Waals surface area contributed by atoms with Gasteiger partial charge >= 0.3 is 0 Å². The zero-order valence-electron chi connectivity index (χ0n) is 15.8. The van der Waals surface area contributed by atoms with E-state index in [-0.39, 0.29) is 22.3 Å². The van der Waals surface area contributed by atoms with Crippen LogP contribution in [0.5, 0.6) is 11.5 Å². The van der Waals surface area contributed by atoms with Crippen LogP contribution in [0.3, 0.4) is 0 Å². The summed E-state index contributed by atoms with van der Waals surface area (Å²) in [7, 11) is 1.69. The van der Waals surface area contributed by atoms with Gasteiger partial charge in [-0.05, 0) is 36.4 Å². The van der Waals surface area contributed by atoms with Crippen molar-refractivity contribution in [2.45, 2.75) is 17.6 Å². The minimum Gasteiger partial charge on any atom is -0.496 e. The molecule has 5 nitrogen and oxygen atoms in total. The highest BCUT2D eigenvalue weighted by atomic mass is 32.2. The van der Waals surface area contributed by atoms with Crippen LogP contribution in [0.25, 0.3) is 0 Å². The SMILES string of the molecule is COc1ccccc1C(COc1ccc(CC2SC(=O)NC2=O)cc1)CSC. The summed E-state index contributed by atoms with van der Waals surface area (Å²) in [6, 6.07) is 15.7. The standard InChI is InChI=1S/C21H23NO4S2/c1-25-18-6-4-3-5-17(18)15(13-27-2)12-26-16-9-7-14(8-10-16)11-19-20(23)22-21(24)28-19/h3-10,15,19H,11-13H2,1-2H3,(H,22,23,24). The fraction of sp³-hybridized carbons (Fsp3) is 0.333. The van der Waals surface area contributed by atoms with Crippen LogP contribution in [-0.2, 0) is 11.2 Å². The Hall–Kier alpha value is -2.12. The van der Waals surface area contributed by atoms with Crippen molar-refractivity contribution >= 4 is 34.7 Å². The molecule has 0 radical (unpaired) electrons. The van der Waals surface area contributed by atoms with Crippen LogP contribution < -0.4 is 14.8 Å². The van der Waals surface area contributed by atoms with Crippen LogP contribution in [0.15, 0.2) is 48.5 Å². The lowest BCUT2D eigenvalue weighted by Crippen LogP contribution is -2.25. The van der Waals surface area contributed by atoms with Crippen LogP contribution in [-0.4, -0.2) is 42.1 Å². The molecule has 0 aliphatic carbocycles. The second-order valence-corrected chi connectivity index (χ2v) is 8.52. The van der Waals surface area contributed by atoms with Gasteiger partial charge in [-0.15, -0.1) is 0 Å². The first-order valence-electron chi connectivity index (χ1n) is 8.95. The minimum atomic E-state index is -0.351. The summed E-state index contributed by atoms with van der Waals surface area (Å²) in [5.74, 6) is 2.59. The van der Waals surface area contributed by atoms with Gasteiger partial charge in [0.1, 0.15) is 11.5 Å². The fourth-order valence-electron chi connectivity index (χ4n) is 3.09. The summed E-state index contributed by atoms with van der Waals surface area (Å²) in [6.07, 6.45) is 2.61. The number of para-hydroxylation sites is 1. The third-order valence-electron chi connectivity index (χ3n) is 4.51. The van der Waals surface area contributed by atoms with Crippen LogP contribution in [0.1, 0.15) is 17.0 Å². The van der Waals surface area contributed by atoms with Crippen molar-refractivity contribution in [1.29, 1.82) is 0 Å². The number of carbonyl (C=O) groups is 2. The topological polar surface area (TPSA) is 64.6 Å². The van der Waals surface area contributed by atoms with Gasteiger partial charge in [-0.1, -0.05) is 42.1 Å². The highest BCUT2D eigenvalue weighted by Gasteiger charge is 2.31. The molecule has 1 fully saturated rings. The maximum atomic E-state index is 11.7. The first-order chi connectivity index (χ1) is 13.6. The molecular weight excluding hydrogens is 394 g/mol. The van der Waals surface area contributed by atoms with Crippen molar-refractivity contribution in [3.05, 3.63) is 59.7 Å². The van der Waals surface area contributed by atoms with Gasteiger partial charge in [-0.25, -0.2) is 0 Å². The maximum absolute atomic E-state index is 11.7. The average Bonchev–Trinajstić information content (AvgIpc) is 3.03. The number of ether oxygens (including phenoxy) is 2. The van der Waals surface area contributed by atoms with Gasteiger partial charge in [0.2, 0.25) is 5.91 Å². The van der Waals surface area contributed by atoms with E-state index in [2.05, 4.69) is 17.6 Å². The molecule has 2 amide bonds. The molecular formula is C21H23NO4S2. The van der Waals surface area contributed by atoms with E-state index < -0.39 is 0 Å². The van der Waals surface area contributed by atoms with E-state index in [9.17, 15) is 9.59 Å². The quantitative estimate of drug-likeness (QED) is 0.662. The molecule has 2 aromatic rings. The van der Waals surface area contributed by atoms with Crippen molar-refractivity contribution in [2.75, 3.05) is 25.7 Å². The van der Waals surface area contributed by atoms with E-state index >= 15 is 0 Å². The number of thioether (sulfide) groups is 2. The predicted octanol–water partition coefficient (Wildman–Crippen LogP) is 4.11. The number of carbonyl (C=O) groups excluding carboxylic acids is 2. The van der Waals surface area contributed by atoms with E-state index in [4.69, 9.17) is 9.47 Å². The Kier molecular flexibility index (Phi) is 7.28. The molecule has 28 heavy (non-hydrogen) atoms. The number of amides is 2. The first-order valence-corrected chi connectivity index (χ1v) is 11.2. The Labute approximate surface area is 173 Å². The lowest BCUT2D eigenvalue weighted by atomic mass is 10.0. The smallest absolute Gasteiger partial charge is 0.286 e. The molecule has 1 aliphatic heterocycles. The summed E-state index contributed by atoms with van der Waals surface area (Å²) in [4.78, 5) is 23.0. The molecule has 0 saturated carbocycles. The summed E-state index contributed by atoms with van der Waals surface area (Å²) < 4.78 is 11.5. The number of imide groups is 1. The third-order valence-corrected chi connectivity index (χ3v) is 6.23. The van der Waals surface area contributed by atoms with E-state index in [1.165, 1.54) is 0 Å². The average molecular weight is 418 g/mol. The van der Waals surface area contributed by atoms with E-state index in [1.807, 2.05) is 42.5 Å². The molecule has 1 aliphatic rings. The predicted molar refractivity (Wildman–Crippen MR) is 115 cm³/mol. The number of methoxy groups -OCH3 is 1. The molecule has 1 N–H and O–H groups in total. The van der Waals surface area contributed by atoms with Crippen LogP contribution in [0.2, 0.25) is 0 Å². The van der Waals surface area contributed by atoms with E-state index in [1.54, 1.807) is 18.9 Å². The lowest BCUT2D eigenvalue weighted by Gasteiger charge is -2.20. The fourth-order valence-corrected chi connectivity index (χ4v) is 4.63. The third kappa shape index (κ3) is 5.23. The molecule has 0 spiro atoms. The van der Waals surface area contributed by atoms with Gasteiger partial charge in [-0.2, -0.15) is 11.8 Å². The van der Waals surface area contributed by atoms with Crippen molar-refractivity contribution in [3.8, 4) is 11.5 Å². The van der Waals surface area contributed by atoms with Crippen LogP contribution in [0.4, 0.5) is 4.79 Å². The minimum absolute atomic E-state index is 0.216. The highest BCUT2D eigenvalue weighted by Crippen LogP contribution is 2.30. The number of benzene rings is 2. The van der Waals surface area contributed by atoms with Gasteiger partial charge in [0.15, 0.2) is 0 Å². The molecule has 148 valence electrons. The Morgan fingerprint density at radius 3 is 2.54 bits per heavy atom. The largest absolute Gasteiger partial charge is 0.496 e. The number of hydrogen-bond acceptors (Lipinski definition) is 6. The van der Waals surface area contributed by atoms with Crippen molar-refractivity contribution in [2.24, 2.45) is 0 Å². The second kappa shape index (κ2) is 9.89. The molecule has 2 aromatic carbocycles. The van der Waals surface area contributed by atoms with Gasteiger partial charge in [0, 0.05) is 17.2 Å². The van der Waals surface area contributed by atoms with E-state index in [0.717, 1.165) is 40.1 Å². The van der Waals surface area contributed by atoms with Crippen LogP contribution >= 0.6 is 23.5 Å². The molecule has 0 bridgehead atoms. The molecule has 7 heteroatoms. The zero-order valence-corrected chi connectivity index (χ0v) is 17.5. The van der Waals surface area contributed by atoms with Gasteiger partial charge in [-0.3, -0.25) is 14.9 Å². The van der Waals surface area contributed by atoms with Crippen molar-refractivity contribution in [1.82, 2.24) is 5.32 Å². The van der Waals surface area contributed by atoms with E-state index in [0.29, 0.717) is 13.0 Å². The molecule has 2 unspecified atom stereocenters. The van der Waals surface area contributed by atoms with Crippen LogP contribution in [0, 0.1) is 0 Å². The summed E-state index contributed by atoms with van der Waals surface area (Å²) in [5, 5.41) is 1.69. The number of nitrogens with one attached hydrogen (secondary N) is 1. The Bertz CT molecular complexity index is 825. The summed E-state index contributed by atoms with van der Waals surface area (Å²) in [5.41, 5.74) is 2.14. The Morgan fingerprint density at radius 2 is 1.89 bits per heavy atom. The molecule has 3 rings (SSSR count). The number of rotatable bonds is 9. The lowest BCUT2D eigenvalue weighted by molar-refractivity contribution is -0.118. The van der Waals surface area contributed by atoms with Crippen molar-refractivity contribution in [3.63, 3.8) is 0 Å². The Morgan fingerprint density at radius 1 is 1.14 bits per heavy atom. The van der Waals surface area contributed by atoms with Gasteiger partial charge < -0.3 is 9.47 Å². The molecule has 2 atom stereocenters. The molecule has 1 saturated heterocycles. The summed E-state index contributed by atoms with van der Waals surface area (Å²) in [6.45, 7) is 0.552. The van der Waals surface area contributed by atoms with Gasteiger partial charge in [0.05, 0.1) is 19.0 Å². The number of hydrogen-bond donors (Lipinski definition) is 1. The first kappa shape index (κ1) is 20.6.